The molecular weight excluding hydrogens is 212 g/mol. The molecule has 0 aliphatic carbocycles. The maximum Gasteiger partial charge on any atom is 0.201 e. The third-order valence-electron chi connectivity index (χ3n) is 3.60. The molecule has 1 unspecified atom stereocenters. The lowest BCUT2D eigenvalue weighted by molar-refractivity contribution is 0.396. The Morgan fingerprint density at radius 3 is 2.94 bits per heavy atom. The monoisotopic (exact) mass is 230 g/mol. The summed E-state index contributed by atoms with van der Waals surface area (Å²) in [6, 6.07) is 6.78. The first kappa shape index (κ1) is 10.6. The summed E-state index contributed by atoms with van der Waals surface area (Å²) in [4.78, 5) is 6.79. The molecule has 0 saturated carbocycles. The van der Waals surface area contributed by atoms with E-state index < -0.39 is 0 Å². The van der Waals surface area contributed by atoms with Gasteiger partial charge in [-0.3, -0.25) is 0 Å². The van der Waals surface area contributed by atoms with Crippen LogP contribution in [-0.4, -0.2) is 34.6 Å². The molecule has 0 amide bonds. The zero-order chi connectivity index (χ0) is 12.0. The maximum absolute atomic E-state index is 6.06. The average molecular weight is 230 g/mol. The predicted octanol–water partition coefficient (Wildman–Crippen LogP) is 1.80. The normalized spacial score (nSPS) is 21.4. The molecule has 90 valence electrons. The Morgan fingerprint density at radius 2 is 2.24 bits per heavy atom. The van der Waals surface area contributed by atoms with E-state index in [1.165, 1.54) is 11.1 Å². The zero-order valence-electron chi connectivity index (χ0n) is 10.3. The minimum absolute atomic E-state index is 0.465. The highest BCUT2D eigenvalue weighted by atomic mass is 15.2. The van der Waals surface area contributed by atoms with Gasteiger partial charge in [0, 0.05) is 6.54 Å². The van der Waals surface area contributed by atoms with Gasteiger partial charge in [0.15, 0.2) is 0 Å². The van der Waals surface area contributed by atoms with E-state index in [-0.39, 0.29) is 0 Å². The molecule has 17 heavy (non-hydrogen) atoms. The standard InChI is InChI=1S/C13H18N4/c1-9-3-4-11-12(7-9)17(13(14)15-11)10-5-6-16(2)8-10/h3-4,7,10H,5-6,8H2,1-2H3,(H2,14,15). The second-order valence-electron chi connectivity index (χ2n) is 5.04. The summed E-state index contributed by atoms with van der Waals surface area (Å²) >= 11 is 0. The van der Waals surface area contributed by atoms with Crippen molar-refractivity contribution in [3.05, 3.63) is 23.8 Å². The Hall–Kier alpha value is -1.55. The van der Waals surface area contributed by atoms with Gasteiger partial charge in [-0.1, -0.05) is 6.07 Å². The summed E-state index contributed by atoms with van der Waals surface area (Å²) in [6.07, 6.45) is 1.15. The van der Waals surface area contributed by atoms with Crippen molar-refractivity contribution >= 4 is 17.0 Å². The van der Waals surface area contributed by atoms with Crippen LogP contribution >= 0.6 is 0 Å². The number of nitrogens with zero attached hydrogens (tertiary/aromatic N) is 3. The lowest BCUT2D eigenvalue weighted by atomic mass is 10.2. The summed E-state index contributed by atoms with van der Waals surface area (Å²) < 4.78 is 2.20. The number of likely N-dealkylation sites (N-methyl/N-ethyl adjacent to an activating group) is 1. The van der Waals surface area contributed by atoms with Gasteiger partial charge < -0.3 is 15.2 Å². The van der Waals surface area contributed by atoms with Crippen LogP contribution in [0.3, 0.4) is 0 Å². The van der Waals surface area contributed by atoms with Gasteiger partial charge in [0.1, 0.15) is 0 Å². The van der Waals surface area contributed by atoms with E-state index in [1.807, 2.05) is 0 Å². The van der Waals surface area contributed by atoms with E-state index in [0.717, 1.165) is 25.0 Å². The van der Waals surface area contributed by atoms with Crippen LogP contribution in [0.4, 0.5) is 5.95 Å². The fourth-order valence-corrected chi connectivity index (χ4v) is 2.73. The van der Waals surface area contributed by atoms with Crippen LogP contribution in [0.25, 0.3) is 11.0 Å². The lowest BCUT2D eigenvalue weighted by Gasteiger charge is -2.15. The number of nitrogen functional groups attached to an aromatic ring is 1. The molecular formula is C13H18N4. The van der Waals surface area contributed by atoms with Crippen molar-refractivity contribution in [3.8, 4) is 0 Å². The number of hydrogen-bond acceptors (Lipinski definition) is 3. The number of likely N-dealkylation sites (tertiary alicyclic amines) is 1. The number of aryl methyl sites for hydroxylation is 1. The van der Waals surface area contributed by atoms with Gasteiger partial charge in [-0.15, -0.1) is 0 Å². The molecule has 2 N–H and O–H groups in total. The van der Waals surface area contributed by atoms with Crippen molar-refractivity contribution in [2.24, 2.45) is 0 Å². The molecule has 0 spiro atoms. The van der Waals surface area contributed by atoms with Crippen LogP contribution in [0.5, 0.6) is 0 Å². The van der Waals surface area contributed by atoms with Gasteiger partial charge >= 0.3 is 0 Å². The molecule has 1 aliphatic rings. The maximum atomic E-state index is 6.06. The van der Waals surface area contributed by atoms with E-state index in [1.54, 1.807) is 0 Å². The van der Waals surface area contributed by atoms with Crippen molar-refractivity contribution in [3.63, 3.8) is 0 Å². The minimum Gasteiger partial charge on any atom is -0.369 e. The molecule has 1 fully saturated rings. The summed E-state index contributed by atoms with van der Waals surface area (Å²) in [6.45, 7) is 4.30. The minimum atomic E-state index is 0.465. The number of aromatic nitrogens is 2. The fourth-order valence-electron chi connectivity index (χ4n) is 2.73. The highest BCUT2D eigenvalue weighted by Gasteiger charge is 2.24. The van der Waals surface area contributed by atoms with Crippen molar-refractivity contribution in [2.45, 2.75) is 19.4 Å². The summed E-state index contributed by atoms with van der Waals surface area (Å²) in [5, 5.41) is 0. The summed E-state index contributed by atoms with van der Waals surface area (Å²) in [5.74, 6) is 0.644. The first-order valence-corrected chi connectivity index (χ1v) is 6.08. The number of benzene rings is 1. The van der Waals surface area contributed by atoms with Gasteiger partial charge in [-0.25, -0.2) is 4.98 Å². The van der Waals surface area contributed by atoms with Crippen molar-refractivity contribution in [1.82, 2.24) is 14.5 Å². The Bertz CT molecular complexity index is 558. The third kappa shape index (κ3) is 1.69. The van der Waals surface area contributed by atoms with Gasteiger partial charge in [0.2, 0.25) is 5.95 Å². The molecule has 1 aromatic heterocycles. The molecule has 0 bridgehead atoms. The second-order valence-corrected chi connectivity index (χ2v) is 5.04. The fraction of sp³-hybridized carbons (Fsp3) is 0.462. The molecule has 2 heterocycles. The first-order valence-electron chi connectivity index (χ1n) is 6.08. The number of anilines is 1. The van der Waals surface area contributed by atoms with Crippen LogP contribution in [-0.2, 0) is 0 Å². The van der Waals surface area contributed by atoms with Crippen LogP contribution in [0.1, 0.15) is 18.0 Å². The molecule has 1 saturated heterocycles. The first-order chi connectivity index (χ1) is 8.15. The quantitative estimate of drug-likeness (QED) is 0.812. The highest BCUT2D eigenvalue weighted by Crippen LogP contribution is 2.28. The Kier molecular flexibility index (Phi) is 2.33. The van der Waals surface area contributed by atoms with E-state index in [9.17, 15) is 0 Å². The van der Waals surface area contributed by atoms with E-state index in [4.69, 9.17) is 5.73 Å². The Morgan fingerprint density at radius 1 is 1.41 bits per heavy atom. The molecule has 2 aromatic rings. The molecule has 3 rings (SSSR count). The number of nitrogens with two attached hydrogens (primary N) is 1. The Balaban J connectivity index is 2.14. The molecule has 4 nitrogen and oxygen atoms in total. The predicted molar refractivity (Wildman–Crippen MR) is 70.0 cm³/mol. The van der Waals surface area contributed by atoms with Gasteiger partial charge in [0.05, 0.1) is 17.1 Å². The second kappa shape index (κ2) is 3.74. The van der Waals surface area contributed by atoms with Crippen molar-refractivity contribution in [2.75, 3.05) is 25.9 Å². The Labute approximate surface area is 101 Å². The number of imidazole rings is 1. The summed E-state index contributed by atoms with van der Waals surface area (Å²) in [5.41, 5.74) is 9.49. The zero-order valence-corrected chi connectivity index (χ0v) is 10.3. The molecule has 4 heteroatoms. The highest BCUT2D eigenvalue weighted by molar-refractivity contribution is 5.79. The van der Waals surface area contributed by atoms with Crippen LogP contribution in [0.2, 0.25) is 0 Å². The SMILES string of the molecule is Cc1ccc2nc(N)n(C3CCN(C)C3)c2c1. The number of fused-ring (bicyclic) bond motifs is 1. The van der Waals surface area contributed by atoms with E-state index in [2.05, 4.69) is 46.6 Å². The molecule has 0 radical (unpaired) electrons. The van der Waals surface area contributed by atoms with Gasteiger partial charge in [-0.05, 0) is 44.6 Å². The summed E-state index contributed by atoms with van der Waals surface area (Å²) in [7, 11) is 2.15. The average Bonchev–Trinajstić information content (AvgIpc) is 2.81. The van der Waals surface area contributed by atoms with Gasteiger partial charge in [-0.2, -0.15) is 0 Å². The number of hydrogen-bond donors (Lipinski definition) is 1. The van der Waals surface area contributed by atoms with Crippen LogP contribution in [0.15, 0.2) is 18.2 Å². The van der Waals surface area contributed by atoms with Crippen molar-refractivity contribution in [1.29, 1.82) is 0 Å². The van der Waals surface area contributed by atoms with E-state index in [0.29, 0.717) is 12.0 Å². The molecule has 1 aliphatic heterocycles. The number of rotatable bonds is 1. The topological polar surface area (TPSA) is 47.1 Å². The lowest BCUT2D eigenvalue weighted by Crippen LogP contribution is -2.17. The smallest absolute Gasteiger partial charge is 0.201 e. The largest absolute Gasteiger partial charge is 0.369 e. The van der Waals surface area contributed by atoms with Crippen molar-refractivity contribution < 1.29 is 0 Å². The third-order valence-corrected chi connectivity index (χ3v) is 3.60. The van der Waals surface area contributed by atoms with Gasteiger partial charge in [0.25, 0.3) is 0 Å². The molecule has 1 aromatic carbocycles. The van der Waals surface area contributed by atoms with Crippen LogP contribution in [0, 0.1) is 6.92 Å². The van der Waals surface area contributed by atoms with Crippen LogP contribution < -0.4 is 5.73 Å². The molecule has 1 atom stereocenters. The van der Waals surface area contributed by atoms with E-state index >= 15 is 0 Å².